The molecule has 7 nitrogen and oxygen atoms in total. The van der Waals surface area contributed by atoms with Crippen LogP contribution in [0.25, 0.3) is 11.2 Å². The van der Waals surface area contributed by atoms with Gasteiger partial charge in [-0.15, -0.1) is 0 Å². The zero-order valence-electron chi connectivity index (χ0n) is 6.39. The Bertz CT molecular complexity index is 525. The Balaban J connectivity index is 2.95. The van der Waals surface area contributed by atoms with Gasteiger partial charge in [0.25, 0.3) is 0 Å². The van der Waals surface area contributed by atoms with Crippen LogP contribution in [0.5, 0.6) is 0 Å². The van der Waals surface area contributed by atoms with Crippen molar-refractivity contribution in [1.29, 1.82) is 0 Å². The lowest BCUT2D eigenvalue weighted by atomic mass is 10.6. The fourth-order valence-corrected chi connectivity index (χ4v) is 1.06. The summed E-state index contributed by atoms with van der Waals surface area (Å²) in [5.41, 5.74) is 4.93. The van der Waals surface area contributed by atoms with Gasteiger partial charge in [-0.25, -0.2) is 19.6 Å². The number of fused-ring (bicyclic) bond motifs is 1. The van der Waals surface area contributed by atoms with Crippen molar-refractivity contribution < 1.29 is 4.79 Å². The summed E-state index contributed by atoms with van der Waals surface area (Å²) in [7, 11) is 0. The number of aromatic amines is 1. The van der Waals surface area contributed by atoms with Crippen LogP contribution in [0.4, 0.5) is 4.79 Å². The summed E-state index contributed by atoms with van der Waals surface area (Å²) < 4.78 is 0.747. The molecule has 0 atom stereocenters. The van der Waals surface area contributed by atoms with Crippen LogP contribution in [-0.2, 0) is 0 Å². The molecule has 1 amide bonds. The second-order valence-corrected chi connectivity index (χ2v) is 2.36. The number of carbonyl (C=O) groups is 1. The predicted octanol–water partition coefficient (Wildman–Crippen LogP) is -0.954. The van der Waals surface area contributed by atoms with E-state index in [1.165, 1.54) is 12.5 Å². The van der Waals surface area contributed by atoms with Gasteiger partial charge < -0.3 is 10.7 Å². The van der Waals surface area contributed by atoms with Gasteiger partial charge in [0.1, 0.15) is 11.8 Å². The number of nitrogens with zero attached hydrogens (tertiary/aromatic N) is 3. The zero-order chi connectivity index (χ0) is 9.42. The van der Waals surface area contributed by atoms with Gasteiger partial charge in [-0.2, -0.15) is 4.57 Å². The first-order valence-electron chi connectivity index (χ1n) is 3.40. The number of hydrogen-bond donors (Lipinski definition) is 2. The smallest absolute Gasteiger partial charge is 0.336 e. The Hall–Kier alpha value is -2.18. The minimum Gasteiger partial charge on any atom is -0.351 e. The molecule has 0 fully saturated rings. The van der Waals surface area contributed by atoms with Crippen LogP contribution in [0, 0.1) is 0 Å². The average Bonchev–Trinajstić information content (AvgIpc) is 2.39. The van der Waals surface area contributed by atoms with E-state index in [1.54, 1.807) is 0 Å². The summed E-state index contributed by atoms with van der Waals surface area (Å²) in [5, 5.41) is 0. The Morgan fingerprint density at radius 1 is 1.62 bits per heavy atom. The second kappa shape index (κ2) is 2.41. The molecule has 0 aliphatic rings. The molecule has 2 aromatic heterocycles. The highest BCUT2D eigenvalue weighted by molar-refractivity contribution is 5.85. The summed E-state index contributed by atoms with van der Waals surface area (Å²) in [4.78, 5) is 31.7. The van der Waals surface area contributed by atoms with Gasteiger partial charge in [-0.1, -0.05) is 0 Å². The van der Waals surface area contributed by atoms with Crippen molar-refractivity contribution in [2.24, 2.45) is 5.73 Å². The van der Waals surface area contributed by atoms with Gasteiger partial charge in [0, 0.05) is 0 Å². The molecule has 0 aliphatic heterocycles. The number of aromatic nitrogens is 4. The Morgan fingerprint density at radius 3 is 3.08 bits per heavy atom. The first-order valence-corrected chi connectivity index (χ1v) is 3.40. The van der Waals surface area contributed by atoms with E-state index in [0.717, 1.165) is 4.57 Å². The van der Waals surface area contributed by atoms with Gasteiger partial charge >= 0.3 is 11.7 Å². The van der Waals surface area contributed by atoms with Crippen molar-refractivity contribution in [2.75, 3.05) is 0 Å². The van der Waals surface area contributed by atoms with Crippen molar-refractivity contribution in [2.45, 2.75) is 0 Å². The number of nitrogens with one attached hydrogen (secondary N) is 1. The quantitative estimate of drug-likeness (QED) is 0.543. The van der Waals surface area contributed by atoms with Crippen molar-refractivity contribution in [1.82, 2.24) is 19.5 Å². The first-order chi connectivity index (χ1) is 6.20. The van der Waals surface area contributed by atoms with E-state index in [0.29, 0.717) is 5.52 Å². The van der Waals surface area contributed by atoms with Crippen LogP contribution < -0.4 is 11.4 Å². The molecule has 0 unspecified atom stereocenters. The maximum absolute atomic E-state index is 11.1. The van der Waals surface area contributed by atoms with Crippen LogP contribution >= 0.6 is 0 Å². The number of rotatable bonds is 0. The molecular weight excluding hydrogens is 174 g/mol. The van der Waals surface area contributed by atoms with Gasteiger partial charge in [0.15, 0.2) is 5.65 Å². The van der Waals surface area contributed by atoms with Gasteiger partial charge in [-0.05, 0) is 0 Å². The Kier molecular flexibility index (Phi) is 1.38. The number of carbonyl (C=O) groups excluding carboxylic acids is 1. The van der Waals surface area contributed by atoms with Crippen molar-refractivity contribution in [3.05, 3.63) is 23.0 Å². The van der Waals surface area contributed by atoms with E-state index in [1.807, 2.05) is 0 Å². The van der Waals surface area contributed by atoms with E-state index in [-0.39, 0.29) is 5.65 Å². The largest absolute Gasteiger partial charge is 0.351 e. The summed E-state index contributed by atoms with van der Waals surface area (Å²) in [6, 6.07) is -0.866. The van der Waals surface area contributed by atoms with E-state index >= 15 is 0 Å². The maximum atomic E-state index is 11.1. The van der Waals surface area contributed by atoms with Gasteiger partial charge in [-0.3, -0.25) is 0 Å². The van der Waals surface area contributed by atoms with E-state index in [4.69, 9.17) is 5.73 Å². The topological polar surface area (TPSA) is 107 Å². The Morgan fingerprint density at radius 2 is 2.38 bits per heavy atom. The van der Waals surface area contributed by atoms with Crippen LogP contribution in [0.3, 0.4) is 0 Å². The molecule has 2 heterocycles. The molecule has 13 heavy (non-hydrogen) atoms. The molecule has 0 bridgehead atoms. The van der Waals surface area contributed by atoms with Crippen molar-refractivity contribution in [3.8, 4) is 0 Å². The summed E-state index contributed by atoms with van der Waals surface area (Å²) in [5.74, 6) is 0. The second-order valence-electron chi connectivity index (χ2n) is 2.36. The number of amides is 1. The van der Waals surface area contributed by atoms with Crippen LogP contribution in [-0.4, -0.2) is 25.6 Å². The molecule has 0 aliphatic carbocycles. The molecule has 0 saturated carbocycles. The average molecular weight is 179 g/mol. The fraction of sp³-hybridized carbons (Fsp3) is 0. The highest BCUT2D eigenvalue weighted by Crippen LogP contribution is 2.01. The Labute approximate surface area is 71.2 Å². The molecule has 0 saturated heterocycles. The number of primary amides is 1. The minimum absolute atomic E-state index is 0.188. The normalized spacial score (nSPS) is 10.5. The van der Waals surface area contributed by atoms with Crippen LogP contribution in [0.1, 0.15) is 0 Å². The number of H-pyrrole nitrogens is 1. The van der Waals surface area contributed by atoms with Gasteiger partial charge in [0.05, 0.1) is 6.20 Å². The predicted molar refractivity (Wildman–Crippen MR) is 43.1 cm³/mol. The lowest BCUT2D eigenvalue weighted by Gasteiger charge is -1.92. The number of imidazole rings is 1. The standard InChI is InChI=1S/C6H5N5O2/c7-5(12)11-4-3(10-6(11)13)1-8-2-9-4/h1-2H,(H2,7,12)(H,10,13). The summed E-state index contributed by atoms with van der Waals surface area (Å²) in [6.07, 6.45) is 2.62. The van der Waals surface area contributed by atoms with Crippen molar-refractivity contribution in [3.63, 3.8) is 0 Å². The third-order valence-electron chi connectivity index (χ3n) is 1.57. The lowest BCUT2D eigenvalue weighted by molar-refractivity contribution is 0.250. The lowest BCUT2D eigenvalue weighted by Crippen LogP contribution is -2.29. The van der Waals surface area contributed by atoms with Gasteiger partial charge in [0.2, 0.25) is 0 Å². The summed E-state index contributed by atoms with van der Waals surface area (Å²) in [6.45, 7) is 0. The molecule has 0 radical (unpaired) electrons. The van der Waals surface area contributed by atoms with E-state index in [9.17, 15) is 9.59 Å². The highest BCUT2D eigenvalue weighted by Gasteiger charge is 2.10. The van der Waals surface area contributed by atoms with E-state index in [2.05, 4.69) is 15.0 Å². The van der Waals surface area contributed by atoms with Crippen LogP contribution in [0.15, 0.2) is 17.3 Å². The molecule has 2 rings (SSSR count). The number of hydrogen-bond acceptors (Lipinski definition) is 4. The summed E-state index contributed by atoms with van der Waals surface area (Å²) >= 11 is 0. The zero-order valence-corrected chi connectivity index (χ0v) is 6.39. The molecular formula is C6H5N5O2. The van der Waals surface area contributed by atoms with Crippen molar-refractivity contribution >= 4 is 17.2 Å². The molecule has 66 valence electrons. The highest BCUT2D eigenvalue weighted by atomic mass is 16.2. The molecule has 3 N–H and O–H groups in total. The minimum atomic E-state index is -0.866. The first kappa shape index (κ1) is 7.47. The fourth-order valence-electron chi connectivity index (χ4n) is 1.06. The monoisotopic (exact) mass is 179 g/mol. The van der Waals surface area contributed by atoms with Crippen LogP contribution in [0.2, 0.25) is 0 Å². The van der Waals surface area contributed by atoms with E-state index < -0.39 is 11.7 Å². The molecule has 2 aromatic rings. The molecule has 0 aromatic carbocycles. The molecule has 7 heteroatoms. The third kappa shape index (κ3) is 0.975. The number of nitrogens with two attached hydrogens (primary N) is 1. The molecule has 0 spiro atoms. The SMILES string of the molecule is NC(=O)n1c(=O)[nH]c2cncnc21. The third-order valence-corrected chi connectivity index (χ3v) is 1.57. The maximum Gasteiger partial charge on any atom is 0.336 e.